The Labute approximate surface area is 90.1 Å². The van der Waals surface area contributed by atoms with Crippen LogP contribution in [0.1, 0.15) is 59.3 Å². The number of unbranched alkanes of at least 4 members (excludes halogenated alkanes) is 1. The highest BCUT2D eigenvalue weighted by Crippen LogP contribution is 2.15. The zero-order valence-electron chi connectivity index (χ0n) is 10.2. The van der Waals surface area contributed by atoms with E-state index in [4.69, 9.17) is 0 Å². The van der Waals surface area contributed by atoms with Crippen molar-refractivity contribution in [1.82, 2.24) is 0 Å². The lowest BCUT2D eigenvalue weighted by Gasteiger charge is -2.06. The smallest absolute Gasteiger partial charge is 0.0313 e. The van der Waals surface area contributed by atoms with Crippen LogP contribution in [-0.2, 0) is 0 Å². The third kappa shape index (κ3) is 8.10. The number of rotatable bonds is 8. The van der Waals surface area contributed by atoms with Crippen molar-refractivity contribution in [2.24, 2.45) is 5.92 Å². The van der Waals surface area contributed by atoms with Crippen LogP contribution in [0.3, 0.4) is 0 Å². The van der Waals surface area contributed by atoms with Gasteiger partial charge in [0.1, 0.15) is 0 Å². The lowest BCUT2D eigenvalue weighted by atomic mass is 10.0. The van der Waals surface area contributed by atoms with Crippen LogP contribution >= 0.6 is 0 Å². The summed E-state index contributed by atoms with van der Waals surface area (Å²) in [4.78, 5) is 0. The van der Waals surface area contributed by atoms with E-state index in [1.807, 2.05) is 6.08 Å². The van der Waals surface area contributed by atoms with Gasteiger partial charge in [0.25, 0.3) is 0 Å². The Morgan fingerprint density at radius 2 is 2.00 bits per heavy atom. The third-order valence-corrected chi connectivity index (χ3v) is 2.54. The minimum Gasteiger partial charge on any atom is -0.103 e. The number of allylic oxidation sites excluding steroid dienone is 3. The quantitative estimate of drug-likeness (QED) is 0.372. The molecular weight excluding hydrogens is 168 g/mol. The molecule has 0 amide bonds. The Morgan fingerprint density at radius 3 is 2.50 bits per heavy atom. The predicted molar refractivity (Wildman–Crippen MR) is 66.5 cm³/mol. The van der Waals surface area contributed by atoms with Crippen molar-refractivity contribution in [1.29, 1.82) is 0 Å². The van der Waals surface area contributed by atoms with Gasteiger partial charge in [-0.1, -0.05) is 44.9 Å². The van der Waals surface area contributed by atoms with E-state index in [9.17, 15) is 0 Å². The molecular formula is C14H26. The highest BCUT2D eigenvalue weighted by molar-refractivity contribution is 5.01. The van der Waals surface area contributed by atoms with E-state index in [1.54, 1.807) is 5.57 Å². The summed E-state index contributed by atoms with van der Waals surface area (Å²) in [6, 6.07) is 0. The molecule has 0 rings (SSSR count). The molecule has 0 radical (unpaired) electrons. The normalized spacial score (nSPS) is 12.1. The maximum atomic E-state index is 3.74. The molecule has 0 heterocycles. The first-order chi connectivity index (χ1) is 6.70. The average Bonchev–Trinajstić information content (AvgIpc) is 2.15. The Morgan fingerprint density at radius 1 is 1.29 bits per heavy atom. The molecule has 0 aromatic rings. The summed E-state index contributed by atoms with van der Waals surface area (Å²) >= 11 is 0. The molecule has 0 aromatic heterocycles. The van der Waals surface area contributed by atoms with Crippen LogP contribution in [0.2, 0.25) is 0 Å². The molecule has 0 fully saturated rings. The fourth-order valence-corrected chi connectivity index (χ4v) is 1.57. The van der Waals surface area contributed by atoms with Crippen LogP contribution in [0, 0.1) is 5.92 Å². The van der Waals surface area contributed by atoms with E-state index >= 15 is 0 Å². The molecule has 0 aliphatic rings. The van der Waals surface area contributed by atoms with Gasteiger partial charge < -0.3 is 0 Å². The Bertz CT molecular complexity index is 163. The minimum atomic E-state index is 0.848. The highest BCUT2D eigenvalue weighted by Gasteiger charge is 1.97. The molecule has 0 bridgehead atoms. The number of hydrogen-bond donors (Lipinski definition) is 0. The van der Waals surface area contributed by atoms with Gasteiger partial charge >= 0.3 is 0 Å². The maximum absolute atomic E-state index is 3.74. The van der Waals surface area contributed by atoms with Gasteiger partial charge in [0.05, 0.1) is 0 Å². The minimum absolute atomic E-state index is 0.848. The van der Waals surface area contributed by atoms with Gasteiger partial charge in [-0.25, -0.2) is 0 Å². The second-order valence-electron chi connectivity index (χ2n) is 4.37. The van der Waals surface area contributed by atoms with Crippen LogP contribution in [0.15, 0.2) is 24.3 Å². The maximum Gasteiger partial charge on any atom is -0.0313 e. The molecule has 0 saturated heterocycles. The lowest BCUT2D eigenvalue weighted by Crippen LogP contribution is -1.89. The Kier molecular flexibility index (Phi) is 8.72. The first-order valence-electron chi connectivity index (χ1n) is 5.99. The van der Waals surface area contributed by atoms with Crippen molar-refractivity contribution in [2.45, 2.75) is 59.3 Å². The Hall–Kier alpha value is -0.520. The molecule has 0 saturated carbocycles. The van der Waals surface area contributed by atoms with Gasteiger partial charge in [0.2, 0.25) is 0 Å². The summed E-state index contributed by atoms with van der Waals surface area (Å²) in [5, 5.41) is 0. The van der Waals surface area contributed by atoms with E-state index in [-0.39, 0.29) is 0 Å². The predicted octanol–water partition coefficient (Wildman–Crippen LogP) is 5.12. The zero-order chi connectivity index (χ0) is 10.8. The largest absolute Gasteiger partial charge is 0.103 e. The van der Waals surface area contributed by atoms with Crippen LogP contribution < -0.4 is 0 Å². The van der Waals surface area contributed by atoms with Crippen molar-refractivity contribution in [3.05, 3.63) is 24.3 Å². The van der Waals surface area contributed by atoms with E-state index in [0.29, 0.717) is 0 Å². The summed E-state index contributed by atoms with van der Waals surface area (Å²) in [7, 11) is 0. The average molecular weight is 194 g/mol. The van der Waals surface area contributed by atoms with Crippen LogP contribution in [0.5, 0.6) is 0 Å². The molecule has 14 heavy (non-hydrogen) atoms. The summed E-state index contributed by atoms with van der Waals surface area (Å²) in [6.07, 6.45) is 11.9. The monoisotopic (exact) mass is 194 g/mol. The van der Waals surface area contributed by atoms with E-state index in [1.165, 1.54) is 32.1 Å². The van der Waals surface area contributed by atoms with E-state index in [2.05, 4.69) is 33.4 Å². The van der Waals surface area contributed by atoms with Gasteiger partial charge in [-0.2, -0.15) is 0 Å². The fourth-order valence-electron chi connectivity index (χ4n) is 1.57. The van der Waals surface area contributed by atoms with Crippen LogP contribution in [0.4, 0.5) is 0 Å². The van der Waals surface area contributed by atoms with Gasteiger partial charge in [-0.15, -0.1) is 6.58 Å². The highest BCUT2D eigenvalue weighted by atomic mass is 14.0. The van der Waals surface area contributed by atoms with E-state index in [0.717, 1.165) is 12.3 Å². The van der Waals surface area contributed by atoms with E-state index < -0.39 is 0 Å². The summed E-state index contributed by atoms with van der Waals surface area (Å²) in [5.74, 6) is 0.848. The van der Waals surface area contributed by atoms with Crippen molar-refractivity contribution in [2.75, 3.05) is 0 Å². The van der Waals surface area contributed by atoms with Crippen molar-refractivity contribution < 1.29 is 0 Å². The van der Waals surface area contributed by atoms with Crippen molar-refractivity contribution in [3.63, 3.8) is 0 Å². The third-order valence-electron chi connectivity index (χ3n) is 2.54. The standard InChI is InChI=1S/C14H26/c1-5-7-8-11-14(6-2)12-9-10-13(3)4/h5,11,13H,1,6-10,12H2,2-4H3/b14-11-. The van der Waals surface area contributed by atoms with Gasteiger partial charge in [-0.3, -0.25) is 0 Å². The lowest BCUT2D eigenvalue weighted by molar-refractivity contribution is 0.551. The SMILES string of the molecule is C=CCC/C=C(/CC)CCCC(C)C. The molecule has 0 unspecified atom stereocenters. The van der Waals surface area contributed by atoms with Crippen molar-refractivity contribution in [3.8, 4) is 0 Å². The van der Waals surface area contributed by atoms with Gasteiger partial charge in [0.15, 0.2) is 0 Å². The second-order valence-corrected chi connectivity index (χ2v) is 4.37. The summed E-state index contributed by atoms with van der Waals surface area (Å²) in [5.41, 5.74) is 1.63. The molecule has 0 aliphatic carbocycles. The molecule has 0 nitrogen and oxygen atoms in total. The molecule has 0 atom stereocenters. The number of hydrogen-bond acceptors (Lipinski definition) is 0. The molecule has 0 aromatic carbocycles. The summed E-state index contributed by atoms with van der Waals surface area (Å²) in [6.45, 7) is 10.6. The topological polar surface area (TPSA) is 0 Å². The van der Waals surface area contributed by atoms with Crippen LogP contribution in [0.25, 0.3) is 0 Å². The molecule has 0 aliphatic heterocycles. The summed E-state index contributed by atoms with van der Waals surface area (Å²) < 4.78 is 0. The first-order valence-corrected chi connectivity index (χ1v) is 5.99. The molecule has 0 spiro atoms. The van der Waals surface area contributed by atoms with Gasteiger partial charge in [-0.05, 0) is 38.0 Å². The van der Waals surface area contributed by atoms with Crippen molar-refractivity contribution >= 4 is 0 Å². The fraction of sp³-hybridized carbons (Fsp3) is 0.714. The zero-order valence-corrected chi connectivity index (χ0v) is 10.2. The van der Waals surface area contributed by atoms with Crippen LogP contribution in [-0.4, -0.2) is 0 Å². The molecule has 82 valence electrons. The van der Waals surface area contributed by atoms with Gasteiger partial charge in [0, 0.05) is 0 Å². The molecule has 0 heteroatoms. The Balaban J connectivity index is 3.66. The molecule has 0 N–H and O–H groups in total. The second kappa shape index (κ2) is 9.05. The first kappa shape index (κ1) is 13.5.